The Morgan fingerprint density at radius 1 is 0.900 bits per heavy atom. The number of para-hydroxylation sites is 1. The SMILES string of the molecule is Fc1ccc(N=Cc2ccn(-c3ccccc3)c2)cc1. The van der Waals surface area contributed by atoms with E-state index in [0.717, 1.165) is 16.9 Å². The standard InChI is InChI=1S/C17H13FN2/c18-15-6-8-16(9-7-15)19-12-14-10-11-20(13-14)17-4-2-1-3-5-17/h1-13H. The maximum atomic E-state index is 12.8. The van der Waals surface area contributed by atoms with Gasteiger partial charge in [0.1, 0.15) is 5.82 Å². The topological polar surface area (TPSA) is 17.3 Å². The van der Waals surface area contributed by atoms with Gasteiger partial charge in [-0.2, -0.15) is 0 Å². The Morgan fingerprint density at radius 3 is 2.40 bits per heavy atom. The van der Waals surface area contributed by atoms with E-state index in [9.17, 15) is 4.39 Å². The highest BCUT2D eigenvalue weighted by Crippen LogP contribution is 2.13. The minimum absolute atomic E-state index is 0.251. The quantitative estimate of drug-likeness (QED) is 0.625. The summed E-state index contributed by atoms with van der Waals surface area (Å²) < 4.78 is 14.8. The number of nitrogens with zero attached hydrogens (tertiary/aromatic N) is 2. The van der Waals surface area contributed by atoms with Crippen molar-refractivity contribution in [3.05, 3.63) is 84.4 Å². The Morgan fingerprint density at radius 2 is 1.65 bits per heavy atom. The number of halogens is 1. The maximum absolute atomic E-state index is 12.8. The molecule has 0 fully saturated rings. The van der Waals surface area contributed by atoms with Crippen LogP contribution < -0.4 is 0 Å². The van der Waals surface area contributed by atoms with E-state index in [1.165, 1.54) is 12.1 Å². The molecule has 1 heterocycles. The number of aromatic nitrogens is 1. The van der Waals surface area contributed by atoms with Gasteiger partial charge in [0.25, 0.3) is 0 Å². The molecule has 3 heteroatoms. The van der Waals surface area contributed by atoms with Gasteiger partial charge in [-0.3, -0.25) is 4.99 Å². The smallest absolute Gasteiger partial charge is 0.123 e. The molecule has 0 aliphatic carbocycles. The molecule has 3 aromatic rings. The fourth-order valence-electron chi connectivity index (χ4n) is 1.93. The van der Waals surface area contributed by atoms with Crippen molar-refractivity contribution in [2.75, 3.05) is 0 Å². The summed E-state index contributed by atoms with van der Waals surface area (Å²) in [5.41, 5.74) is 2.84. The van der Waals surface area contributed by atoms with Crippen molar-refractivity contribution in [1.82, 2.24) is 4.57 Å². The zero-order valence-electron chi connectivity index (χ0n) is 10.8. The minimum Gasteiger partial charge on any atom is -0.323 e. The van der Waals surface area contributed by atoms with Gasteiger partial charge >= 0.3 is 0 Å². The van der Waals surface area contributed by atoms with Crippen LogP contribution in [0.1, 0.15) is 5.56 Å². The van der Waals surface area contributed by atoms with Gasteiger partial charge in [0, 0.05) is 29.9 Å². The Balaban J connectivity index is 1.79. The summed E-state index contributed by atoms with van der Waals surface area (Å²) in [4.78, 5) is 4.32. The molecule has 0 saturated carbocycles. The number of aliphatic imine (C=N–C) groups is 1. The molecule has 0 spiro atoms. The summed E-state index contributed by atoms with van der Waals surface area (Å²) in [6.45, 7) is 0. The molecule has 20 heavy (non-hydrogen) atoms. The van der Waals surface area contributed by atoms with Crippen molar-refractivity contribution < 1.29 is 4.39 Å². The first-order valence-corrected chi connectivity index (χ1v) is 6.34. The van der Waals surface area contributed by atoms with Crippen LogP contribution in [-0.4, -0.2) is 10.8 Å². The third kappa shape index (κ3) is 2.83. The lowest BCUT2D eigenvalue weighted by Crippen LogP contribution is -1.88. The van der Waals surface area contributed by atoms with Crippen LogP contribution in [0, 0.1) is 5.82 Å². The lowest BCUT2D eigenvalue weighted by atomic mass is 10.3. The second kappa shape index (κ2) is 5.53. The van der Waals surface area contributed by atoms with E-state index in [-0.39, 0.29) is 5.82 Å². The van der Waals surface area contributed by atoms with Gasteiger partial charge in [-0.1, -0.05) is 18.2 Å². The average molecular weight is 264 g/mol. The molecule has 1 aromatic heterocycles. The highest BCUT2D eigenvalue weighted by Gasteiger charge is 1.96. The fourth-order valence-corrected chi connectivity index (χ4v) is 1.93. The first kappa shape index (κ1) is 12.4. The van der Waals surface area contributed by atoms with Crippen LogP contribution in [0.25, 0.3) is 5.69 Å². The maximum Gasteiger partial charge on any atom is 0.123 e. The van der Waals surface area contributed by atoms with Gasteiger partial charge in [-0.15, -0.1) is 0 Å². The van der Waals surface area contributed by atoms with Crippen molar-refractivity contribution in [3.63, 3.8) is 0 Å². The van der Waals surface area contributed by atoms with Gasteiger partial charge in [0.05, 0.1) is 5.69 Å². The largest absolute Gasteiger partial charge is 0.323 e. The molecule has 0 atom stereocenters. The van der Waals surface area contributed by atoms with Crippen molar-refractivity contribution in [2.24, 2.45) is 4.99 Å². The van der Waals surface area contributed by atoms with Crippen LogP contribution in [0.2, 0.25) is 0 Å². The van der Waals surface area contributed by atoms with Gasteiger partial charge < -0.3 is 4.57 Å². The summed E-state index contributed by atoms with van der Waals surface area (Å²) in [5, 5.41) is 0. The third-order valence-electron chi connectivity index (χ3n) is 2.96. The van der Waals surface area contributed by atoms with Crippen LogP contribution in [0.15, 0.2) is 78.0 Å². The monoisotopic (exact) mass is 264 g/mol. The Labute approximate surface area is 116 Å². The Bertz CT molecular complexity index is 712. The van der Waals surface area contributed by atoms with Gasteiger partial charge in [0.15, 0.2) is 0 Å². The second-order valence-corrected chi connectivity index (χ2v) is 4.42. The van der Waals surface area contributed by atoms with Crippen LogP contribution in [0.5, 0.6) is 0 Å². The Hall–Kier alpha value is -2.68. The predicted molar refractivity (Wildman–Crippen MR) is 79.4 cm³/mol. The van der Waals surface area contributed by atoms with Crippen molar-refractivity contribution >= 4 is 11.9 Å². The zero-order valence-corrected chi connectivity index (χ0v) is 10.8. The highest BCUT2D eigenvalue weighted by molar-refractivity contribution is 5.81. The summed E-state index contributed by atoms with van der Waals surface area (Å²) >= 11 is 0. The summed E-state index contributed by atoms with van der Waals surface area (Å²) in [6.07, 6.45) is 5.76. The van der Waals surface area contributed by atoms with Crippen LogP contribution in [-0.2, 0) is 0 Å². The van der Waals surface area contributed by atoms with E-state index in [1.807, 2.05) is 53.4 Å². The second-order valence-electron chi connectivity index (χ2n) is 4.42. The summed E-state index contributed by atoms with van der Waals surface area (Å²) in [7, 11) is 0. The molecule has 0 radical (unpaired) electrons. The molecule has 2 nitrogen and oxygen atoms in total. The highest BCUT2D eigenvalue weighted by atomic mass is 19.1. The lowest BCUT2D eigenvalue weighted by molar-refractivity contribution is 0.628. The molecule has 3 rings (SSSR count). The fraction of sp³-hybridized carbons (Fsp3) is 0. The minimum atomic E-state index is -0.251. The first-order chi connectivity index (χ1) is 9.81. The third-order valence-corrected chi connectivity index (χ3v) is 2.96. The number of hydrogen-bond acceptors (Lipinski definition) is 1. The average Bonchev–Trinajstić information content (AvgIpc) is 2.97. The molecule has 0 aliphatic rings. The first-order valence-electron chi connectivity index (χ1n) is 6.34. The number of benzene rings is 2. The number of rotatable bonds is 3. The van der Waals surface area contributed by atoms with E-state index >= 15 is 0 Å². The van der Waals surface area contributed by atoms with E-state index in [0.29, 0.717) is 0 Å². The van der Waals surface area contributed by atoms with Crippen LogP contribution >= 0.6 is 0 Å². The van der Waals surface area contributed by atoms with Gasteiger partial charge in [-0.05, 0) is 42.5 Å². The Kier molecular flexibility index (Phi) is 3.42. The van der Waals surface area contributed by atoms with Crippen LogP contribution in [0.4, 0.5) is 10.1 Å². The number of hydrogen-bond donors (Lipinski definition) is 0. The van der Waals surface area contributed by atoms with Crippen molar-refractivity contribution in [1.29, 1.82) is 0 Å². The van der Waals surface area contributed by atoms with E-state index in [1.54, 1.807) is 18.3 Å². The summed E-state index contributed by atoms with van der Waals surface area (Å²) in [5.74, 6) is -0.251. The van der Waals surface area contributed by atoms with Crippen molar-refractivity contribution in [2.45, 2.75) is 0 Å². The van der Waals surface area contributed by atoms with E-state index in [4.69, 9.17) is 0 Å². The normalized spacial score (nSPS) is 11.1. The molecule has 0 N–H and O–H groups in total. The molecule has 0 saturated heterocycles. The van der Waals surface area contributed by atoms with Crippen LogP contribution in [0.3, 0.4) is 0 Å². The molecular weight excluding hydrogens is 251 g/mol. The zero-order chi connectivity index (χ0) is 13.8. The molecular formula is C17H13FN2. The summed E-state index contributed by atoms with van der Waals surface area (Å²) in [6, 6.07) is 18.2. The van der Waals surface area contributed by atoms with Crippen molar-refractivity contribution in [3.8, 4) is 5.69 Å². The van der Waals surface area contributed by atoms with E-state index in [2.05, 4.69) is 4.99 Å². The molecule has 0 bridgehead atoms. The lowest BCUT2D eigenvalue weighted by Gasteiger charge is -2.00. The molecule has 98 valence electrons. The molecule has 0 aliphatic heterocycles. The molecule has 0 amide bonds. The molecule has 0 unspecified atom stereocenters. The van der Waals surface area contributed by atoms with E-state index < -0.39 is 0 Å². The predicted octanol–water partition coefficient (Wildman–Crippen LogP) is 4.37. The van der Waals surface area contributed by atoms with Gasteiger partial charge in [0.2, 0.25) is 0 Å². The molecule has 2 aromatic carbocycles. The van der Waals surface area contributed by atoms with Gasteiger partial charge in [-0.25, -0.2) is 4.39 Å².